The molecule has 92 valence electrons. The van der Waals surface area contributed by atoms with Crippen molar-refractivity contribution >= 4 is 5.69 Å². The third kappa shape index (κ3) is 3.43. The number of halogens is 1. The van der Waals surface area contributed by atoms with Gasteiger partial charge in [-0.15, -0.1) is 0 Å². The maximum absolute atomic E-state index is 13.1. The summed E-state index contributed by atoms with van der Waals surface area (Å²) in [6.45, 7) is 4.64. The first-order valence-electron chi connectivity index (χ1n) is 5.59. The highest BCUT2D eigenvalue weighted by Crippen LogP contribution is 2.22. The van der Waals surface area contributed by atoms with Gasteiger partial charge >= 0.3 is 0 Å². The number of aliphatic hydroxyl groups excluding tert-OH is 1. The normalized spacial score (nSPS) is 13.8. The average Bonchev–Trinajstić information content (AvgIpc) is 2.37. The quantitative estimate of drug-likeness (QED) is 0.826. The van der Waals surface area contributed by atoms with Crippen LogP contribution in [0.25, 0.3) is 0 Å². The highest BCUT2D eigenvalue weighted by molar-refractivity contribution is 5.49. The highest BCUT2D eigenvalue weighted by atomic mass is 19.1. The molecule has 0 saturated heterocycles. The van der Waals surface area contributed by atoms with E-state index >= 15 is 0 Å². The molecule has 0 heterocycles. The van der Waals surface area contributed by atoms with Crippen LogP contribution in [0.1, 0.15) is 25.8 Å². The number of nitrogens with one attached hydrogen (secondary N) is 1. The zero-order valence-electron chi connectivity index (χ0n) is 10.1. The minimum absolute atomic E-state index is 0.0252. The van der Waals surface area contributed by atoms with Crippen LogP contribution >= 0.6 is 0 Å². The van der Waals surface area contributed by atoms with Crippen LogP contribution in [0, 0.1) is 22.6 Å². The fourth-order valence-corrected chi connectivity index (χ4v) is 1.33. The molecule has 1 unspecified atom stereocenters. The summed E-state index contributed by atoms with van der Waals surface area (Å²) in [7, 11) is 0. The Bertz CT molecular complexity index is 422. The van der Waals surface area contributed by atoms with Gasteiger partial charge in [-0.2, -0.15) is 5.26 Å². The van der Waals surface area contributed by atoms with Crippen molar-refractivity contribution in [1.82, 2.24) is 0 Å². The summed E-state index contributed by atoms with van der Waals surface area (Å²) in [6.07, 6.45) is 0.836. The van der Waals surface area contributed by atoms with Crippen LogP contribution in [0.5, 0.6) is 0 Å². The predicted molar refractivity (Wildman–Crippen MR) is 65.1 cm³/mol. The highest BCUT2D eigenvalue weighted by Gasteiger charge is 2.20. The Labute approximate surface area is 101 Å². The van der Waals surface area contributed by atoms with Gasteiger partial charge in [0.25, 0.3) is 0 Å². The molecule has 0 spiro atoms. The predicted octanol–water partition coefficient (Wildman–Crippen LogP) is 2.52. The number of nitriles is 1. The summed E-state index contributed by atoms with van der Waals surface area (Å²) in [4.78, 5) is 0. The molecule has 0 radical (unpaired) electrons. The molecule has 4 heteroatoms. The lowest BCUT2D eigenvalue weighted by molar-refractivity contribution is 0.149. The van der Waals surface area contributed by atoms with Crippen molar-refractivity contribution in [2.24, 2.45) is 5.41 Å². The lowest BCUT2D eigenvalue weighted by Gasteiger charge is -2.26. The van der Waals surface area contributed by atoms with E-state index in [1.165, 1.54) is 12.1 Å². The Balaban J connectivity index is 2.74. The van der Waals surface area contributed by atoms with E-state index in [-0.39, 0.29) is 17.6 Å². The Morgan fingerprint density at radius 2 is 2.24 bits per heavy atom. The van der Waals surface area contributed by atoms with Crippen molar-refractivity contribution in [3.63, 3.8) is 0 Å². The van der Waals surface area contributed by atoms with E-state index in [0.29, 0.717) is 12.2 Å². The Hall–Kier alpha value is -1.60. The molecule has 0 saturated carbocycles. The SMILES string of the molecule is CCC(C)(CO)CNc1ccc(F)c(C#N)c1. The summed E-state index contributed by atoms with van der Waals surface area (Å²) in [5, 5.41) is 21.1. The minimum Gasteiger partial charge on any atom is -0.396 e. The number of hydrogen-bond acceptors (Lipinski definition) is 3. The smallest absolute Gasteiger partial charge is 0.141 e. The van der Waals surface area contributed by atoms with Crippen LogP contribution in [-0.4, -0.2) is 18.3 Å². The first-order chi connectivity index (χ1) is 8.04. The number of rotatable bonds is 5. The third-order valence-corrected chi connectivity index (χ3v) is 3.04. The van der Waals surface area contributed by atoms with E-state index in [0.717, 1.165) is 6.42 Å². The van der Waals surface area contributed by atoms with E-state index in [4.69, 9.17) is 5.26 Å². The second-order valence-electron chi connectivity index (χ2n) is 4.48. The lowest BCUT2D eigenvalue weighted by atomic mass is 9.88. The van der Waals surface area contributed by atoms with Gasteiger partial charge in [0.05, 0.1) is 12.2 Å². The standard InChI is InChI=1S/C13H17FN2O/c1-3-13(2,9-17)8-16-11-4-5-12(14)10(6-11)7-15/h4-6,16-17H,3,8-9H2,1-2H3. The molecule has 0 fully saturated rings. The fourth-order valence-electron chi connectivity index (χ4n) is 1.33. The Morgan fingerprint density at radius 1 is 1.53 bits per heavy atom. The summed E-state index contributed by atoms with van der Waals surface area (Å²) < 4.78 is 13.1. The summed E-state index contributed by atoms with van der Waals surface area (Å²) in [5.74, 6) is -0.515. The maximum Gasteiger partial charge on any atom is 0.141 e. The molecule has 0 amide bonds. The molecule has 1 aromatic carbocycles. The molecule has 3 nitrogen and oxygen atoms in total. The molecule has 1 aromatic rings. The van der Waals surface area contributed by atoms with E-state index in [9.17, 15) is 9.50 Å². The Kier molecular flexibility index (Phi) is 4.47. The zero-order chi connectivity index (χ0) is 12.9. The largest absolute Gasteiger partial charge is 0.396 e. The molecule has 2 N–H and O–H groups in total. The van der Waals surface area contributed by atoms with Gasteiger partial charge in [0, 0.05) is 17.6 Å². The second-order valence-corrected chi connectivity index (χ2v) is 4.48. The van der Waals surface area contributed by atoms with Gasteiger partial charge in [-0.25, -0.2) is 4.39 Å². The molecule has 0 aromatic heterocycles. The molecular weight excluding hydrogens is 219 g/mol. The van der Waals surface area contributed by atoms with E-state index in [1.807, 2.05) is 13.8 Å². The van der Waals surface area contributed by atoms with Crippen LogP contribution in [0.2, 0.25) is 0 Å². The van der Waals surface area contributed by atoms with E-state index in [2.05, 4.69) is 5.32 Å². The van der Waals surface area contributed by atoms with E-state index < -0.39 is 5.82 Å². The number of nitrogens with zero attached hydrogens (tertiary/aromatic N) is 1. The van der Waals surface area contributed by atoms with Gasteiger partial charge in [-0.3, -0.25) is 0 Å². The molecule has 0 aliphatic heterocycles. The van der Waals surface area contributed by atoms with Crippen molar-refractivity contribution < 1.29 is 9.50 Å². The van der Waals surface area contributed by atoms with Crippen molar-refractivity contribution in [2.75, 3.05) is 18.5 Å². The van der Waals surface area contributed by atoms with Crippen LogP contribution < -0.4 is 5.32 Å². The van der Waals surface area contributed by atoms with Gasteiger partial charge < -0.3 is 10.4 Å². The third-order valence-electron chi connectivity index (χ3n) is 3.04. The fraction of sp³-hybridized carbons (Fsp3) is 0.462. The molecular formula is C13H17FN2O. The van der Waals surface area contributed by atoms with Crippen LogP contribution in [-0.2, 0) is 0 Å². The molecule has 17 heavy (non-hydrogen) atoms. The molecule has 1 atom stereocenters. The van der Waals surface area contributed by atoms with Crippen molar-refractivity contribution in [3.05, 3.63) is 29.6 Å². The summed E-state index contributed by atoms with van der Waals surface area (Å²) in [6, 6.07) is 6.13. The van der Waals surface area contributed by atoms with Gasteiger partial charge in [0.1, 0.15) is 11.9 Å². The summed E-state index contributed by atoms with van der Waals surface area (Å²) in [5.41, 5.74) is 0.509. The number of hydrogen-bond donors (Lipinski definition) is 2. The summed E-state index contributed by atoms with van der Waals surface area (Å²) >= 11 is 0. The average molecular weight is 236 g/mol. The Morgan fingerprint density at radius 3 is 2.76 bits per heavy atom. The first-order valence-corrected chi connectivity index (χ1v) is 5.59. The molecule has 0 aliphatic rings. The number of aliphatic hydroxyl groups is 1. The van der Waals surface area contributed by atoms with Gasteiger partial charge in [-0.1, -0.05) is 13.8 Å². The number of anilines is 1. The zero-order valence-corrected chi connectivity index (χ0v) is 10.1. The lowest BCUT2D eigenvalue weighted by Crippen LogP contribution is -2.29. The molecule has 1 rings (SSSR count). The van der Waals surface area contributed by atoms with Gasteiger partial charge in [0.2, 0.25) is 0 Å². The minimum atomic E-state index is -0.515. The van der Waals surface area contributed by atoms with Crippen molar-refractivity contribution in [2.45, 2.75) is 20.3 Å². The van der Waals surface area contributed by atoms with E-state index in [1.54, 1.807) is 12.1 Å². The van der Waals surface area contributed by atoms with Gasteiger partial charge in [0.15, 0.2) is 0 Å². The van der Waals surface area contributed by atoms with Crippen molar-refractivity contribution in [3.8, 4) is 6.07 Å². The first kappa shape index (κ1) is 13.5. The maximum atomic E-state index is 13.1. The second kappa shape index (κ2) is 5.65. The van der Waals surface area contributed by atoms with Gasteiger partial charge in [-0.05, 0) is 24.6 Å². The van der Waals surface area contributed by atoms with Crippen LogP contribution in [0.4, 0.5) is 10.1 Å². The van der Waals surface area contributed by atoms with Crippen LogP contribution in [0.3, 0.4) is 0 Å². The monoisotopic (exact) mass is 236 g/mol. The number of benzene rings is 1. The molecule has 0 aliphatic carbocycles. The van der Waals surface area contributed by atoms with Crippen LogP contribution in [0.15, 0.2) is 18.2 Å². The molecule has 0 bridgehead atoms. The topological polar surface area (TPSA) is 56.0 Å². The van der Waals surface area contributed by atoms with Crippen molar-refractivity contribution in [1.29, 1.82) is 5.26 Å².